The van der Waals surface area contributed by atoms with Gasteiger partial charge in [-0.25, -0.2) is 4.98 Å². The second kappa shape index (κ2) is 8.08. The normalized spacial score (nSPS) is 16.7. The Balaban J connectivity index is 1.26. The van der Waals surface area contributed by atoms with Gasteiger partial charge in [-0.15, -0.1) is 0 Å². The Morgan fingerprint density at radius 1 is 1.07 bits per heavy atom. The molecule has 0 radical (unpaired) electrons. The van der Waals surface area contributed by atoms with Gasteiger partial charge in [0.2, 0.25) is 11.8 Å². The molecule has 1 aliphatic heterocycles. The molecule has 1 fully saturated rings. The van der Waals surface area contributed by atoms with Crippen molar-refractivity contribution in [2.24, 2.45) is 0 Å². The molecule has 150 valence electrons. The molecule has 5 rings (SSSR count). The van der Waals surface area contributed by atoms with E-state index < -0.39 is 0 Å². The topological polar surface area (TPSA) is 71.3 Å². The lowest BCUT2D eigenvalue weighted by Crippen LogP contribution is -2.39. The number of likely N-dealkylation sites (tertiary alicyclic amines) is 1. The first-order valence-corrected chi connectivity index (χ1v) is 10.2. The van der Waals surface area contributed by atoms with Crippen LogP contribution in [0.25, 0.3) is 22.6 Å². The van der Waals surface area contributed by atoms with Crippen molar-refractivity contribution in [2.75, 3.05) is 11.9 Å². The molecular formula is C24H22N4O2. The molecule has 0 saturated carbocycles. The molecule has 30 heavy (non-hydrogen) atoms. The molecule has 0 bridgehead atoms. The molecule has 2 aromatic carbocycles. The van der Waals surface area contributed by atoms with Crippen LogP contribution in [-0.2, 0) is 11.3 Å². The molecule has 1 aliphatic rings. The SMILES string of the molecule is O=C(Nc1ccc(-c2nc3ccccc3o2)cc1)C1CCCN1Cc1ccncc1. The van der Waals surface area contributed by atoms with Gasteiger partial charge >= 0.3 is 0 Å². The number of anilines is 1. The molecule has 1 unspecified atom stereocenters. The van der Waals surface area contributed by atoms with E-state index >= 15 is 0 Å². The monoisotopic (exact) mass is 398 g/mol. The first kappa shape index (κ1) is 18.5. The summed E-state index contributed by atoms with van der Waals surface area (Å²) in [5.74, 6) is 0.615. The van der Waals surface area contributed by atoms with Gasteiger partial charge in [-0.2, -0.15) is 0 Å². The van der Waals surface area contributed by atoms with Crippen molar-refractivity contribution in [1.82, 2.24) is 14.9 Å². The zero-order valence-corrected chi connectivity index (χ0v) is 16.5. The van der Waals surface area contributed by atoms with E-state index in [1.807, 2.05) is 60.7 Å². The zero-order valence-electron chi connectivity index (χ0n) is 16.5. The maximum atomic E-state index is 12.9. The number of pyridine rings is 1. The van der Waals surface area contributed by atoms with Crippen LogP contribution < -0.4 is 5.32 Å². The van der Waals surface area contributed by atoms with Crippen molar-refractivity contribution < 1.29 is 9.21 Å². The van der Waals surface area contributed by atoms with Gasteiger partial charge in [-0.3, -0.25) is 14.7 Å². The fourth-order valence-electron chi connectivity index (χ4n) is 3.95. The Kier molecular flexibility index (Phi) is 4.99. The summed E-state index contributed by atoms with van der Waals surface area (Å²) in [7, 11) is 0. The lowest BCUT2D eigenvalue weighted by molar-refractivity contribution is -0.120. The molecule has 3 heterocycles. The fourth-order valence-corrected chi connectivity index (χ4v) is 3.95. The molecule has 2 aromatic heterocycles. The number of nitrogens with zero attached hydrogens (tertiary/aromatic N) is 3. The van der Waals surface area contributed by atoms with Crippen LogP contribution in [0, 0.1) is 0 Å². The maximum absolute atomic E-state index is 12.9. The van der Waals surface area contributed by atoms with E-state index in [2.05, 4.69) is 20.2 Å². The third kappa shape index (κ3) is 3.82. The van der Waals surface area contributed by atoms with E-state index in [4.69, 9.17) is 4.42 Å². The molecule has 1 saturated heterocycles. The zero-order chi connectivity index (χ0) is 20.3. The van der Waals surface area contributed by atoms with Crippen molar-refractivity contribution in [3.8, 4) is 11.5 Å². The average molecular weight is 398 g/mol. The van der Waals surface area contributed by atoms with Gasteiger partial charge in [0.15, 0.2) is 5.58 Å². The number of aromatic nitrogens is 2. The van der Waals surface area contributed by atoms with Gasteiger partial charge < -0.3 is 9.73 Å². The molecule has 6 heteroatoms. The number of hydrogen-bond acceptors (Lipinski definition) is 5. The summed E-state index contributed by atoms with van der Waals surface area (Å²) in [6.07, 6.45) is 5.48. The number of rotatable bonds is 5. The Bertz CT molecular complexity index is 1120. The molecule has 1 atom stereocenters. The highest BCUT2D eigenvalue weighted by Crippen LogP contribution is 2.26. The molecule has 1 amide bonds. The molecule has 0 spiro atoms. The Morgan fingerprint density at radius 2 is 1.87 bits per heavy atom. The summed E-state index contributed by atoms with van der Waals surface area (Å²) in [4.78, 5) is 23.7. The number of oxazole rings is 1. The van der Waals surface area contributed by atoms with Crippen LogP contribution in [0.3, 0.4) is 0 Å². The molecule has 0 aliphatic carbocycles. The largest absolute Gasteiger partial charge is 0.436 e. The Hall–Kier alpha value is -3.51. The highest BCUT2D eigenvalue weighted by molar-refractivity contribution is 5.95. The van der Waals surface area contributed by atoms with Crippen LogP contribution in [-0.4, -0.2) is 33.4 Å². The summed E-state index contributed by atoms with van der Waals surface area (Å²) in [5.41, 5.74) is 4.42. The van der Waals surface area contributed by atoms with Crippen LogP contribution >= 0.6 is 0 Å². The fraction of sp³-hybridized carbons (Fsp3) is 0.208. The van der Waals surface area contributed by atoms with Crippen molar-refractivity contribution >= 4 is 22.7 Å². The average Bonchev–Trinajstić information content (AvgIpc) is 3.42. The molecule has 6 nitrogen and oxygen atoms in total. The predicted molar refractivity (Wildman–Crippen MR) is 116 cm³/mol. The highest BCUT2D eigenvalue weighted by atomic mass is 16.3. The number of hydrogen-bond donors (Lipinski definition) is 1. The van der Waals surface area contributed by atoms with E-state index in [9.17, 15) is 4.79 Å². The van der Waals surface area contributed by atoms with Crippen LogP contribution in [0.2, 0.25) is 0 Å². The van der Waals surface area contributed by atoms with Gasteiger partial charge in [0.1, 0.15) is 5.52 Å². The number of para-hydroxylation sites is 2. The quantitative estimate of drug-likeness (QED) is 0.536. The summed E-state index contributed by atoms with van der Waals surface area (Å²) < 4.78 is 5.82. The standard InChI is InChI=1S/C24H22N4O2/c29-23(21-5-3-15-28(21)16-17-11-13-25-14-12-17)26-19-9-7-18(8-10-19)24-27-20-4-1-2-6-22(20)30-24/h1-2,4,6-14,21H,3,5,15-16H2,(H,26,29). The second-order valence-electron chi connectivity index (χ2n) is 7.54. The second-order valence-corrected chi connectivity index (χ2v) is 7.54. The van der Waals surface area contributed by atoms with Gasteiger partial charge in [-0.05, 0) is 73.5 Å². The minimum atomic E-state index is -0.116. The lowest BCUT2D eigenvalue weighted by atomic mass is 10.1. The number of amides is 1. The molecular weight excluding hydrogens is 376 g/mol. The maximum Gasteiger partial charge on any atom is 0.241 e. The first-order chi connectivity index (χ1) is 14.8. The smallest absolute Gasteiger partial charge is 0.241 e. The van der Waals surface area contributed by atoms with Crippen molar-refractivity contribution in [3.05, 3.63) is 78.6 Å². The number of benzene rings is 2. The molecule has 4 aromatic rings. The number of carbonyl (C=O) groups is 1. The Morgan fingerprint density at radius 3 is 2.67 bits per heavy atom. The van der Waals surface area contributed by atoms with Gasteiger partial charge in [0.05, 0.1) is 6.04 Å². The first-order valence-electron chi connectivity index (χ1n) is 10.2. The van der Waals surface area contributed by atoms with Gasteiger partial charge in [0.25, 0.3) is 0 Å². The summed E-state index contributed by atoms with van der Waals surface area (Å²) in [6.45, 7) is 1.69. The number of carbonyl (C=O) groups excluding carboxylic acids is 1. The van der Waals surface area contributed by atoms with E-state index in [0.29, 0.717) is 5.89 Å². The van der Waals surface area contributed by atoms with E-state index in [1.54, 1.807) is 12.4 Å². The molecule has 1 N–H and O–H groups in total. The van der Waals surface area contributed by atoms with Crippen molar-refractivity contribution in [3.63, 3.8) is 0 Å². The summed E-state index contributed by atoms with van der Waals surface area (Å²) in [6, 6.07) is 19.2. The van der Waals surface area contributed by atoms with Gasteiger partial charge in [0, 0.05) is 30.2 Å². The van der Waals surface area contributed by atoms with Crippen LogP contribution in [0.1, 0.15) is 18.4 Å². The lowest BCUT2D eigenvalue weighted by Gasteiger charge is -2.23. The predicted octanol–water partition coefficient (Wildman–Crippen LogP) is 4.49. The van der Waals surface area contributed by atoms with Crippen LogP contribution in [0.5, 0.6) is 0 Å². The van der Waals surface area contributed by atoms with E-state index in [1.165, 1.54) is 5.56 Å². The minimum absolute atomic E-state index is 0.0381. The number of fused-ring (bicyclic) bond motifs is 1. The minimum Gasteiger partial charge on any atom is -0.436 e. The summed E-state index contributed by atoms with van der Waals surface area (Å²) >= 11 is 0. The third-order valence-corrected chi connectivity index (χ3v) is 5.49. The third-order valence-electron chi connectivity index (χ3n) is 5.49. The number of nitrogens with one attached hydrogen (secondary N) is 1. The van der Waals surface area contributed by atoms with Crippen molar-refractivity contribution in [1.29, 1.82) is 0 Å². The van der Waals surface area contributed by atoms with Crippen molar-refractivity contribution in [2.45, 2.75) is 25.4 Å². The Labute approximate surface area is 174 Å². The van der Waals surface area contributed by atoms with Gasteiger partial charge in [-0.1, -0.05) is 12.1 Å². The van der Waals surface area contributed by atoms with Crippen LogP contribution in [0.4, 0.5) is 5.69 Å². The van der Waals surface area contributed by atoms with Crippen LogP contribution in [0.15, 0.2) is 77.5 Å². The van der Waals surface area contributed by atoms with E-state index in [-0.39, 0.29) is 11.9 Å². The summed E-state index contributed by atoms with van der Waals surface area (Å²) in [5, 5.41) is 3.06. The van der Waals surface area contributed by atoms with E-state index in [0.717, 1.165) is 48.3 Å². The highest BCUT2D eigenvalue weighted by Gasteiger charge is 2.30.